The van der Waals surface area contributed by atoms with Crippen molar-refractivity contribution < 1.29 is 9.90 Å². The number of aliphatic carboxylic acids is 1. The highest BCUT2D eigenvalue weighted by atomic mass is 35.5. The van der Waals surface area contributed by atoms with Gasteiger partial charge >= 0.3 is 5.97 Å². The Morgan fingerprint density at radius 2 is 2.40 bits per heavy atom. The Balaban J connectivity index is 2.24. The van der Waals surface area contributed by atoms with Crippen LogP contribution in [0.1, 0.15) is 17.7 Å². The van der Waals surface area contributed by atoms with Gasteiger partial charge in [-0.25, -0.2) is 0 Å². The number of rotatable bonds is 6. The summed E-state index contributed by atoms with van der Waals surface area (Å²) in [5.74, 6) is -0.734. The Bertz CT molecular complexity index is 327. The minimum atomic E-state index is -0.734. The van der Waals surface area contributed by atoms with Gasteiger partial charge < -0.3 is 10.0 Å². The molecule has 1 aromatic heterocycles. The molecule has 0 aliphatic carbocycles. The van der Waals surface area contributed by atoms with Crippen LogP contribution < -0.4 is 0 Å². The standard InChI is InChI=1S/C10H14ClNO2S/c1-12(4-2-3-10(13)14)6-9-5-8(11)7-15-9/h5,7H,2-4,6H2,1H3,(H,13,14). The lowest BCUT2D eigenvalue weighted by molar-refractivity contribution is -0.137. The Morgan fingerprint density at radius 1 is 1.67 bits per heavy atom. The van der Waals surface area contributed by atoms with Crippen molar-refractivity contribution in [3.05, 3.63) is 21.3 Å². The van der Waals surface area contributed by atoms with E-state index in [1.807, 2.05) is 18.5 Å². The Hall–Kier alpha value is -0.580. The van der Waals surface area contributed by atoms with Gasteiger partial charge in [0.1, 0.15) is 0 Å². The summed E-state index contributed by atoms with van der Waals surface area (Å²) >= 11 is 7.43. The van der Waals surface area contributed by atoms with Crippen LogP contribution in [0.4, 0.5) is 0 Å². The maximum absolute atomic E-state index is 10.3. The van der Waals surface area contributed by atoms with Crippen LogP contribution >= 0.6 is 22.9 Å². The molecule has 0 atom stereocenters. The molecule has 0 bridgehead atoms. The van der Waals surface area contributed by atoms with Crippen LogP contribution in [-0.4, -0.2) is 29.6 Å². The molecule has 0 radical (unpaired) electrons. The molecule has 0 aromatic carbocycles. The van der Waals surface area contributed by atoms with Crippen molar-refractivity contribution in [2.24, 2.45) is 0 Å². The molecular formula is C10H14ClNO2S. The normalized spacial score (nSPS) is 10.9. The second-order valence-electron chi connectivity index (χ2n) is 3.47. The largest absolute Gasteiger partial charge is 0.481 e. The van der Waals surface area contributed by atoms with Crippen molar-refractivity contribution in [3.63, 3.8) is 0 Å². The highest BCUT2D eigenvalue weighted by Crippen LogP contribution is 2.20. The number of hydrogen-bond acceptors (Lipinski definition) is 3. The molecule has 0 saturated heterocycles. The van der Waals surface area contributed by atoms with Crippen LogP contribution in [-0.2, 0) is 11.3 Å². The molecule has 0 saturated carbocycles. The summed E-state index contributed by atoms with van der Waals surface area (Å²) in [6.07, 6.45) is 0.917. The summed E-state index contributed by atoms with van der Waals surface area (Å²) in [6, 6.07) is 1.94. The molecule has 15 heavy (non-hydrogen) atoms. The van der Waals surface area contributed by atoms with Crippen molar-refractivity contribution in [2.75, 3.05) is 13.6 Å². The fourth-order valence-corrected chi connectivity index (χ4v) is 2.43. The van der Waals surface area contributed by atoms with Crippen molar-refractivity contribution in [1.82, 2.24) is 4.90 Å². The molecule has 0 amide bonds. The second-order valence-corrected chi connectivity index (χ2v) is 4.90. The maximum atomic E-state index is 10.3. The van der Waals surface area contributed by atoms with E-state index in [4.69, 9.17) is 16.7 Å². The topological polar surface area (TPSA) is 40.5 Å². The van der Waals surface area contributed by atoms with Gasteiger partial charge in [0.15, 0.2) is 0 Å². The van der Waals surface area contributed by atoms with E-state index in [1.54, 1.807) is 11.3 Å². The first-order valence-electron chi connectivity index (χ1n) is 4.71. The number of halogens is 1. The highest BCUT2D eigenvalue weighted by molar-refractivity contribution is 7.10. The van der Waals surface area contributed by atoms with E-state index < -0.39 is 5.97 Å². The molecule has 5 heteroatoms. The smallest absolute Gasteiger partial charge is 0.303 e. The lowest BCUT2D eigenvalue weighted by Gasteiger charge is -2.14. The number of nitrogens with zero attached hydrogens (tertiary/aromatic N) is 1. The van der Waals surface area contributed by atoms with Gasteiger partial charge in [-0.15, -0.1) is 11.3 Å². The van der Waals surface area contributed by atoms with E-state index in [1.165, 1.54) is 4.88 Å². The molecular weight excluding hydrogens is 234 g/mol. The SMILES string of the molecule is CN(CCCC(=O)O)Cc1cc(Cl)cs1. The van der Waals surface area contributed by atoms with Gasteiger partial charge in [-0.1, -0.05) is 11.6 Å². The van der Waals surface area contributed by atoms with Gasteiger partial charge in [0.2, 0.25) is 0 Å². The molecule has 1 N–H and O–H groups in total. The number of thiophene rings is 1. The summed E-state index contributed by atoms with van der Waals surface area (Å²) in [5, 5.41) is 11.2. The van der Waals surface area contributed by atoms with Crippen LogP contribution in [0.5, 0.6) is 0 Å². The predicted molar refractivity (Wildman–Crippen MR) is 62.5 cm³/mol. The van der Waals surface area contributed by atoms with E-state index >= 15 is 0 Å². The zero-order valence-electron chi connectivity index (χ0n) is 8.57. The molecule has 1 aromatic rings. The van der Waals surface area contributed by atoms with E-state index in [0.717, 1.165) is 18.1 Å². The van der Waals surface area contributed by atoms with Crippen LogP contribution in [0.2, 0.25) is 5.02 Å². The number of hydrogen-bond donors (Lipinski definition) is 1. The molecule has 0 spiro atoms. The Morgan fingerprint density at radius 3 is 2.93 bits per heavy atom. The molecule has 1 rings (SSSR count). The van der Waals surface area contributed by atoms with E-state index in [-0.39, 0.29) is 6.42 Å². The first kappa shape index (κ1) is 12.5. The summed E-state index contributed by atoms with van der Waals surface area (Å²) in [7, 11) is 1.98. The van der Waals surface area contributed by atoms with Crippen LogP contribution in [0.25, 0.3) is 0 Å². The lowest BCUT2D eigenvalue weighted by Crippen LogP contribution is -2.19. The van der Waals surface area contributed by atoms with E-state index in [2.05, 4.69) is 4.90 Å². The summed E-state index contributed by atoms with van der Waals surface area (Å²) in [6.45, 7) is 1.62. The summed E-state index contributed by atoms with van der Waals surface area (Å²) in [4.78, 5) is 13.6. The zero-order chi connectivity index (χ0) is 11.3. The van der Waals surface area contributed by atoms with Gasteiger partial charge in [0.05, 0.1) is 5.02 Å². The minimum Gasteiger partial charge on any atom is -0.481 e. The molecule has 0 fully saturated rings. The van der Waals surface area contributed by atoms with Crippen molar-refractivity contribution >= 4 is 28.9 Å². The molecule has 3 nitrogen and oxygen atoms in total. The third-order valence-electron chi connectivity index (χ3n) is 1.98. The zero-order valence-corrected chi connectivity index (χ0v) is 10.1. The number of carbonyl (C=O) groups is 1. The predicted octanol–water partition coefficient (Wildman–Crippen LogP) is 2.70. The second kappa shape index (κ2) is 6.10. The first-order valence-corrected chi connectivity index (χ1v) is 5.97. The van der Waals surface area contributed by atoms with E-state index in [9.17, 15) is 4.79 Å². The average Bonchev–Trinajstić information content (AvgIpc) is 2.50. The molecule has 0 aliphatic rings. The summed E-state index contributed by atoms with van der Waals surface area (Å²) < 4.78 is 0. The Labute approximate surface area is 98.3 Å². The van der Waals surface area contributed by atoms with Crippen LogP contribution in [0.15, 0.2) is 11.4 Å². The van der Waals surface area contributed by atoms with Gasteiger partial charge in [0.25, 0.3) is 0 Å². The van der Waals surface area contributed by atoms with Crippen LogP contribution in [0.3, 0.4) is 0 Å². The average molecular weight is 248 g/mol. The molecule has 84 valence electrons. The van der Waals surface area contributed by atoms with Crippen LogP contribution in [0, 0.1) is 0 Å². The van der Waals surface area contributed by atoms with Crippen molar-refractivity contribution in [3.8, 4) is 0 Å². The van der Waals surface area contributed by atoms with Gasteiger partial charge in [0, 0.05) is 23.2 Å². The maximum Gasteiger partial charge on any atom is 0.303 e. The molecule has 0 aliphatic heterocycles. The third-order valence-corrected chi connectivity index (χ3v) is 3.25. The number of carboxylic acids is 1. The quantitative estimate of drug-likeness (QED) is 0.840. The molecule has 1 heterocycles. The van der Waals surface area contributed by atoms with Crippen molar-refractivity contribution in [1.29, 1.82) is 0 Å². The van der Waals surface area contributed by atoms with Crippen molar-refractivity contribution in [2.45, 2.75) is 19.4 Å². The fourth-order valence-electron chi connectivity index (χ4n) is 1.28. The monoisotopic (exact) mass is 247 g/mol. The first-order chi connectivity index (χ1) is 7.08. The lowest BCUT2D eigenvalue weighted by atomic mass is 10.3. The van der Waals surface area contributed by atoms with E-state index in [0.29, 0.717) is 6.42 Å². The molecule has 0 unspecified atom stereocenters. The highest BCUT2D eigenvalue weighted by Gasteiger charge is 2.04. The number of carboxylic acid groups (broad SMARTS) is 1. The minimum absolute atomic E-state index is 0.232. The van der Waals surface area contributed by atoms with Gasteiger partial charge in [-0.3, -0.25) is 4.79 Å². The summed E-state index contributed by atoms with van der Waals surface area (Å²) in [5.41, 5.74) is 0. The fraction of sp³-hybridized carbons (Fsp3) is 0.500. The Kier molecular flexibility index (Phi) is 5.08. The van der Waals surface area contributed by atoms with Gasteiger partial charge in [-0.05, 0) is 26.1 Å². The van der Waals surface area contributed by atoms with Gasteiger partial charge in [-0.2, -0.15) is 0 Å². The third kappa shape index (κ3) is 5.16.